The summed E-state index contributed by atoms with van der Waals surface area (Å²) in [5.74, 6) is 0.421. The Kier molecular flexibility index (Phi) is 2.14. The van der Waals surface area contributed by atoms with Crippen LogP contribution in [0.15, 0.2) is 22.9 Å². The van der Waals surface area contributed by atoms with Crippen molar-refractivity contribution in [1.29, 1.82) is 0 Å². The summed E-state index contributed by atoms with van der Waals surface area (Å²) < 4.78 is 4.65. The summed E-state index contributed by atoms with van der Waals surface area (Å²) in [6.07, 6.45) is 2.75. The molecule has 0 atom stereocenters. The van der Waals surface area contributed by atoms with Crippen LogP contribution >= 0.6 is 0 Å². The van der Waals surface area contributed by atoms with Gasteiger partial charge in [-0.2, -0.15) is 4.98 Å². The minimum Gasteiger partial charge on any atom is -0.351 e. The Morgan fingerprint density at radius 1 is 1.43 bits per heavy atom. The summed E-state index contributed by atoms with van der Waals surface area (Å²) in [5, 5.41) is 3.67. The van der Waals surface area contributed by atoms with Crippen LogP contribution in [0.1, 0.15) is 12.5 Å². The van der Waals surface area contributed by atoms with E-state index < -0.39 is 0 Å². The lowest BCUT2D eigenvalue weighted by molar-refractivity contribution is 0.436. The van der Waals surface area contributed by atoms with Gasteiger partial charge in [-0.25, -0.2) is 0 Å². The maximum Gasteiger partial charge on any atom is 0.319 e. The first-order valence-electron chi connectivity index (χ1n) is 4.34. The van der Waals surface area contributed by atoms with Gasteiger partial charge in [0.05, 0.1) is 0 Å². The van der Waals surface area contributed by atoms with E-state index in [9.17, 15) is 0 Å². The van der Waals surface area contributed by atoms with Crippen LogP contribution in [0.3, 0.4) is 0 Å². The van der Waals surface area contributed by atoms with Crippen molar-refractivity contribution < 1.29 is 4.52 Å². The van der Waals surface area contributed by atoms with Crippen molar-refractivity contribution in [2.24, 2.45) is 0 Å². The highest BCUT2D eigenvalue weighted by atomic mass is 16.5. The third-order valence-electron chi connectivity index (χ3n) is 1.90. The number of rotatable bonds is 2. The molecule has 0 bridgehead atoms. The average molecular weight is 190 g/mol. The minimum absolute atomic E-state index is 0.0568. The molecule has 0 saturated carbocycles. The maximum atomic E-state index is 5.30. The molecule has 0 aromatic carbocycles. The van der Waals surface area contributed by atoms with E-state index in [1.165, 1.54) is 5.56 Å². The molecule has 14 heavy (non-hydrogen) atoms. The van der Waals surface area contributed by atoms with Crippen LogP contribution in [0.4, 0.5) is 6.01 Å². The molecule has 0 amide bonds. The first-order chi connectivity index (χ1) is 6.79. The lowest BCUT2D eigenvalue weighted by atomic mass is 10.2. The molecule has 5 heteroatoms. The molecule has 0 radical (unpaired) electrons. The van der Waals surface area contributed by atoms with Gasteiger partial charge in [-0.15, -0.1) is 0 Å². The zero-order chi connectivity index (χ0) is 9.97. The van der Waals surface area contributed by atoms with E-state index in [0.717, 1.165) is 6.42 Å². The normalized spacial score (nSPS) is 10.4. The van der Waals surface area contributed by atoms with Crippen molar-refractivity contribution in [1.82, 2.24) is 15.1 Å². The standard InChI is InChI=1S/C9H10N4O/c1-2-6-3-4-7(11-5-6)8-12-9(10)14-13-8/h3-5H,2H2,1H3,(H2,10,12,13). The van der Waals surface area contributed by atoms with E-state index in [4.69, 9.17) is 5.73 Å². The molecular formula is C9H10N4O. The molecule has 72 valence electrons. The van der Waals surface area contributed by atoms with Gasteiger partial charge in [0.15, 0.2) is 0 Å². The fourth-order valence-corrected chi connectivity index (χ4v) is 1.11. The van der Waals surface area contributed by atoms with Gasteiger partial charge < -0.3 is 10.3 Å². The minimum atomic E-state index is 0.0568. The summed E-state index contributed by atoms with van der Waals surface area (Å²) in [7, 11) is 0. The average Bonchev–Trinajstić information content (AvgIpc) is 2.65. The van der Waals surface area contributed by atoms with E-state index in [0.29, 0.717) is 11.5 Å². The summed E-state index contributed by atoms with van der Waals surface area (Å²) in [4.78, 5) is 8.07. The third kappa shape index (κ3) is 1.56. The van der Waals surface area contributed by atoms with E-state index >= 15 is 0 Å². The van der Waals surface area contributed by atoms with Crippen LogP contribution in [0.5, 0.6) is 0 Å². The predicted molar refractivity (Wildman–Crippen MR) is 51.3 cm³/mol. The number of hydrogen-bond acceptors (Lipinski definition) is 5. The largest absolute Gasteiger partial charge is 0.351 e. The quantitative estimate of drug-likeness (QED) is 0.771. The van der Waals surface area contributed by atoms with Crippen molar-refractivity contribution in [2.75, 3.05) is 5.73 Å². The molecule has 5 nitrogen and oxygen atoms in total. The topological polar surface area (TPSA) is 77.8 Å². The van der Waals surface area contributed by atoms with Gasteiger partial charge >= 0.3 is 6.01 Å². The van der Waals surface area contributed by atoms with Crippen molar-refractivity contribution in [2.45, 2.75) is 13.3 Å². The predicted octanol–water partition coefficient (Wildman–Crippen LogP) is 1.28. The molecule has 2 N–H and O–H groups in total. The number of nitrogens with zero attached hydrogens (tertiary/aromatic N) is 3. The number of nitrogen functional groups attached to an aromatic ring is 1. The summed E-state index contributed by atoms with van der Waals surface area (Å²) in [5.41, 5.74) is 7.14. The molecule has 2 aromatic heterocycles. The third-order valence-corrected chi connectivity index (χ3v) is 1.90. The summed E-state index contributed by atoms with van der Waals surface area (Å²) in [6.45, 7) is 2.07. The number of nitrogens with two attached hydrogens (primary N) is 1. The zero-order valence-electron chi connectivity index (χ0n) is 7.77. The van der Waals surface area contributed by atoms with Crippen LogP contribution in [0.25, 0.3) is 11.5 Å². The van der Waals surface area contributed by atoms with Gasteiger partial charge in [-0.05, 0) is 18.1 Å². The molecule has 2 heterocycles. The second-order valence-electron chi connectivity index (χ2n) is 2.86. The highest BCUT2D eigenvalue weighted by Crippen LogP contribution is 2.13. The summed E-state index contributed by atoms with van der Waals surface area (Å²) in [6, 6.07) is 3.89. The van der Waals surface area contributed by atoms with E-state index in [-0.39, 0.29) is 6.01 Å². The maximum absolute atomic E-state index is 5.30. The number of anilines is 1. The van der Waals surface area contributed by atoms with Gasteiger partial charge in [0.1, 0.15) is 5.69 Å². The Labute approximate surface area is 81.0 Å². The van der Waals surface area contributed by atoms with Crippen LogP contribution in [0, 0.1) is 0 Å². The number of aromatic nitrogens is 3. The lowest BCUT2D eigenvalue weighted by Gasteiger charge is -1.95. The molecule has 0 aliphatic heterocycles. The first-order valence-corrected chi connectivity index (χ1v) is 4.34. The summed E-state index contributed by atoms with van der Waals surface area (Å²) >= 11 is 0. The highest BCUT2D eigenvalue weighted by molar-refractivity contribution is 5.49. The Balaban J connectivity index is 2.33. The molecule has 0 saturated heterocycles. The molecule has 0 aliphatic rings. The molecule has 2 rings (SSSR count). The van der Waals surface area contributed by atoms with E-state index in [1.807, 2.05) is 12.1 Å². The molecule has 0 unspecified atom stereocenters. The Morgan fingerprint density at radius 3 is 2.79 bits per heavy atom. The van der Waals surface area contributed by atoms with Crippen LogP contribution in [0.2, 0.25) is 0 Å². The number of pyridine rings is 1. The fraction of sp³-hybridized carbons (Fsp3) is 0.222. The monoisotopic (exact) mass is 190 g/mol. The molecule has 0 spiro atoms. The zero-order valence-corrected chi connectivity index (χ0v) is 7.77. The second-order valence-corrected chi connectivity index (χ2v) is 2.86. The van der Waals surface area contributed by atoms with Crippen molar-refractivity contribution >= 4 is 6.01 Å². The fourth-order valence-electron chi connectivity index (χ4n) is 1.11. The smallest absolute Gasteiger partial charge is 0.319 e. The number of hydrogen-bond donors (Lipinski definition) is 1. The van der Waals surface area contributed by atoms with Crippen molar-refractivity contribution in [3.8, 4) is 11.5 Å². The van der Waals surface area contributed by atoms with Gasteiger partial charge in [0.2, 0.25) is 5.82 Å². The van der Waals surface area contributed by atoms with Crippen molar-refractivity contribution in [3.63, 3.8) is 0 Å². The van der Waals surface area contributed by atoms with Gasteiger partial charge in [0.25, 0.3) is 0 Å². The molecular weight excluding hydrogens is 180 g/mol. The number of aryl methyl sites for hydroxylation is 1. The Morgan fingerprint density at radius 2 is 2.29 bits per heavy atom. The molecule has 0 fully saturated rings. The van der Waals surface area contributed by atoms with Gasteiger partial charge in [0, 0.05) is 6.20 Å². The second kappa shape index (κ2) is 3.45. The van der Waals surface area contributed by atoms with Gasteiger partial charge in [-0.1, -0.05) is 18.1 Å². The SMILES string of the molecule is CCc1ccc(-c2noc(N)n2)nc1. The lowest BCUT2D eigenvalue weighted by Crippen LogP contribution is -1.88. The molecule has 2 aromatic rings. The van der Waals surface area contributed by atoms with E-state index in [1.54, 1.807) is 6.20 Å². The first kappa shape index (κ1) is 8.68. The highest BCUT2D eigenvalue weighted by Gasteiger charge is 2.06. The van der Waals surface area contributed by atoms with E-state index in [2.05, 4.69) is 26.6 Å². The van der Waals surface area contributed by atoms with Crippen LogP contribution < -0.4 is 5.73 Å². The Bertz CT molecular complexity index is 421. The van der Waals surface area contributed by atoms with Crippen LogP contribution in [-0.2, 0) is 6.42 Å². The Hall–Kier alpha value is -1.91. The van der Waals surface area contributed by atoms with Crippen LogP contribution in [-0.4, -0.2) is 15.1 Å². The van der Waals surface area contributed by atoms with Crippen molar-refractivity contribution in [3.05, 3.63) is 23.9 Å². The molecule has 0 aliphatic carbocycles. The van der Waals surface area contributed by atoms with Gasteiger partial charge in [-0.3, -0.25) is 4.98 Å².